The summed E-state index contributed by atoms with van der Waals surface area (Å²) in [7, 11) is 2.01. The van der Waals surface area contributed by atoms with E-state index in [2.05, 4.69) is 10.2 Å². The van der Waals surface area contributed by atoms with Crippen LogP contribution in [0.4, 0.5) is 0 Å². The Bertz CT molecular complexity index is 64.6. The van der Waals surface area contributed by atoms with Gasteiger partial charge in [0.2, 0.25) is 0 Å². The lowest BCUT2D eigenvalue weighted by molar-refractivity contribution is 0.218. The maximum atomic E-state index is 3.16. The number of rotatable bonds is 2. The van der Waals surface area contributed by atoms with Crippen molar-refractivity contribution in [3.05, 3.63) is 0 Å². The Morgan fingerprint density at radius 3 is 2.44 bits per heavy atom. The smallest absolute Gasteiger partial charge is 0.0477 e. The molecule has 1 fully saturated rings. The largest absolute Gasteiger partial charge is 0.307 e. The van der Waals surface area contributed by atoms with Gasteiger partial charge in [0.25, 0.3) is 0 Å². The molecule has 2 nitrogen and oxygen atoms in total. The number of piperidine rings is 1. The van der Waals surface area contributed by atoms with Gasteiger partial charge in [0.1, 0.15) is 0 Å². The molecule has 1 aliphatic heterocycles. The highest BCUT2D eigenvalue weighted by molar-refractivity contribution is 4.61. The fourth-order valence-electron chi connectivity index (χ4n) is 1.34. The van der Waals surface area contributed by atoms with E-state index in [0.29, 0.717) is 0 Å². The normalized spacial score (nSPS) is 22.3. The summed E-state index contributed by atoms with van der Waals surface area (Å²) in [5, 5.41) is 3.16. The lowest BCUT2D eigenvalue weighted by atomic mass is 10.1. The lowest BCUT2D eigenvalue weighted by Crippen LogP contribution is -2.36. The van der Waals surface area contributed by atoms with Gasteiger partial charge in [-0.15, -0.1) is 0 Å². The molecule has 0 saturated carbocycles. The molecule has 0 radical (unpaired) electrons. The Morgan fingerprint density at radius 2 is 1.89 bits per heavy atom. The molecule has 9 heavy (non-hydrogen) atoms. The van der Waals surface area contributed by atoms with E-state index < -0.39 is 0 Å². The maximum absolute atomic E-state index is 3.16. The predicted octanol–water partition coefficient (Wildman–Crippen LogP) is 0.649. The molecule has 1 aliphatic rings. The molecule has 0 aromatic carbocycles. The minimum atomic E-state index is 1.07. The zero-order chi connectivity index (χ0) is 6.53. The summed E-state index contributed by atoms with van der Waals surface area (Å²) in [5.41, 5.74) is 0. The first-order valence-electron chi connectivity index (χ1n) is 3.80. The van der Waals surface area contributed by atoms with Gasteiger partial charge in [0.05, 0.1) is 0 Å². The van der Waals surface area contributed by atoms with Crippen molar-refractivity contribution < 1.29 is 0 Å². The summed E-state index contributed by atoms with van der Waals surface area (Å²) in [4.78, 5) is 2.46. The molecule has 1 saturated heterocycles. The van der Waals surface area contributed by atoms with Crippen LogP contribution in [-0.2, 0) is 0 Å². The summed E-state index contributed by atoms with van der Waals surface area (Å²) in [6, 6.07) is 0. The van der Waals surface area contributed by atoms with E-state index in [1.165, 1.54) is 32.4 Å². The molecule has 0 aromatic heterocycles. The summed E-state index contributed by atoms with van der Waals surface area (Å²) in [6.45, 7) is 3.65. The number of nitrogens with zero attached hydrogens (tertiary/aromatic N) is 1. The first-order chi connectivity index (χ1) is 4.43. The monoisotopic (exact) mass is 128 g/mol. The molecule has 0 aromatic rings. The van der Waals surface area contributed by atoms with Crippen molar-refractivity contribution in [3.63, 3.8) is 0 Å². The standard InChI is InChI=1S/C7H16N2/c1-8-7-9-5-3-2-4-6-9/h8H,2-7H2,1H3. The molecule has 1 N–H and O–H groups in total. The van der Waals surface area contributed by atoms with Gasteiger partial charge in [-0.1, -0.05) is 6.42 Å². The summed E-state index contributed by atoms with van der Waals surface area (Å²) in [5.74, 6) is 0. The van der Waals surface area contributed by atoms with Gasteiger partial charge in [-0.2, -0.15) is 0 Å². The van der Waals surface area contributed by atoms with Gasteiger partial charge in [-0.05, 0) is 33.0 Å². The number of hydrogen-bond acceptors (Lipinski definition) is 2. The maximum Gasteiger partial charge on any atom is 0.0477 e. The van der Waals surface area contributed by atoms with Crippen LogP contribution in [0.1, 0.15) is 19.3 Å². The van der Waals surface area contributed by atoms with Crippen molar-refractivity contribution in [1.82, 2.24) is 10.2 Å². The molecular weight excluding hydrogens is 112 g/mol. The molecule has 0 spiro atoms. The van der Waals surface area contributed by atoms with Gasteiger partial charge < -0.3 is 5.32 Å². The third kappa shape index (κ3) is 2.33. The Kier molecular flexibility index (Phi) is 3.01. The van der Waals surface area contributed by atoms with Gasteiger partial charge in [-0.25, -0.2) is 0 Å². The molecule has 0 amide bonds. The Morgan fingerprint density at radius 1 is 1.22 bits per heavy atom. The Hall–Kier alpha value is -0.0800. The van der Waals surface area contributed by atoms with Crippen LogP contribution in [0.15, 0.2) is 0 Å². The highest BCUT2D eigenvalue weighted by Gasteiger charge is 2.06. The van der Waals surface area contributed by atoms with E-state index in [0.717, 1.165) is 6.67 Å². The topological polar surface area (TPSA) is 15.3 Å². The minimum Gasteiger partial charge on any atom is -0.307 e. The van der Waals surface area contributed by atoms with Crippen LogP contribution in [0, 0.1) is 0 Å². The minimum absolute atomic E-state index is 1.07. The van der Waals surface area contributed by atoms with Crippen LogP contribution in [-0.4, -0.2) is 31.7 Å². The van der Waals surface area contributed by atoms with Gasteiger partial charge in [0.15, 0.2) is 0 Å². The van der Waals surface area contributed by atoms with Crippen LogP contribution >= 0.6 is 0 Å². The van der Waals surface area contributed by atoms with Crippen LogP contribution in [0.25, 0.3) is 0 Å². The molecule has 2 heteroatoms. The molecule has 0 bridgehead atoms. The van der Waals surface area contributed by atoms with Crippen molar-refractivity contribution in [2.24, 2.45) is 0 Å². The van der Waals surface area contributed by atoms with Crippen molar-refractivity contribution in [1.29, 1.82) is 0 Å². The quantitative estimate of drug-likeness (QED) is 0.587. The zero-order valence-electron chi connectivity index (χ0n) is 6.19. The lowest BCUT2D eigenvalue weighted by Gasteiger charge is -2.25. The predicted molar refractivity (Wildman–Crippen MR) is 39.4 cm³/mol. The van der Waals surface area contributed by atoms with Crippen molar-refractivity contribution in [3.8, 4) is 0 Å². The van der Waals surface area contributed by atoms with Crippen LogP contribution in [0.5, 0.6) is 0 Å². The third-order valence-corrected chi connectivity index (χ3v) is 1.83. The van der Waals surface area contributed by atoms with E-state index in [1.54, 1.807) is 0 Å². The number of nitrogens with one attached hydrogen (secondary N) is 1. The SMILES string of the molecule is CNCN1CCCCC1. The molecule has 0 aliphatic carbocycles. The van der Waals surface area contributed by atoms with E-state index in [9.17, 15) is 0 Å². The number of hydrogen-bond donors (Lipinski definition) is 1. The highest BCUT2D eigenvalue weighted by Crippen LogP contribution is 2.06. The molecule has 1 rings (SSSR count). The molecule has 0 unspecified atom stereocenters. The van der Waals surface area contributed by atoms with Crippen molar-refractivity contribution in [2.75, 3.05) is 26.8 Å². The van der Waals surface area contributed by atoms with E-state index in [-0.39, 0.29) is 0 Å². The summed E-state index contributed by atoms with van der Waals surface area (Å²) < 4.78 is 0. The first kappa shape index (κ1) is 7.03. The molecule has 1 heterocycles. The van der Waals surface area contributed by atoms with E-state index in [1.807, 2.05) is 7.05 Å². The summed E-state index contributed by atoms with van der Waals surface area (Å²) in [6.07, 6.45) is 4.21. The highest BCUT2D eigenvalue weighted by atomic mass is 15.2. The first-order valence-corrected chi connectivity index (χ1v) is 3.80. The van der Waals surface area contributed by atoms with E-state index in [4.69, 9.17) is 0 Å². The van der Waals surface area contributed by atoms with Gasteiger partial charge in [0, 0.05) is 6.67 Å². The van der Waals surface area contributed by atoms with Crippen LogP contribution in [0.2, 0.25) is 0 Å². The van der Waals surface area contributed by atoms with Crippen molar-refractivity contribution in [2.45, 2.75) is 19.3 Å². The van der Waals surface area contributed by atoms with Crippen LogP contribution < -0.4 is 5.32 Å². The average Bonchev–Trinajstić information content (AvgIpc) is 1.91. The Labute approximate surface area is 57.2 Å². The molecular formula is C7H16N2. The fourth-order valence-corrected chi connectivity index (χ4v) is 1.34. The Balaban J connectivity index is 2.08. The second kappa shape index (κ2) is 3.85. The fraction of sp³-hybridized carbons (Fsp3) is 1.00. The average molecular weight is 128 g/mol. The molecule has 0 atom stereocenters. The van der Waals surface area contributed by atoms with Crippen molar-refractivity contribution >= 4 is 0 Å². The second-order valence-corrected chi connectivity index (χ2v) is 2.69. The van der Waals surface area contributed by atoms with Gasteiger partial charge >= 0.3 is 0 Å². The number of likely N-dealkylation sites (tertiary alicyclic amines) is 1. The third-order valence-electron chi connectivity index (χ3n) is 1.83. The molecule has 54 valence electrons. The summed E-state index contributed by atoms with van der Waals surface area (Å²) >= 11 is 0. The van der Waals surface area contributed by atoms with E-state index >= 15 is 0 Å². The van der Waals surface area contributed by atoms with Gasteiger partial charge in [-0.3, -0.25) is 4.90 Å². The van der Waals surface area contributed by atoms with Crippen LogP contribution in [0.3, 0.4) is 0 Å². The zero-order valence-corrected chi connectivity index (χ0v) is 6.19. The second-order valence-electron chi connectivity index (χ2n) is 2.69.